The minimum Gasteiger partial charge on any atom is -0.481 e. The molecule has 5 rings (SSSR count). The highest BCUT2D eigenvalue weighted by Crippen LogP contribution is 2.50. The highest BCUT2D eigenvalue weighted by atomic mass is 32.1. The highest BCUT2D eigenvalue weighted by Gasteiger charge is 2.50. The summed E-state index contributed by atoms with van der Waals surface area (Å²) in [4.78, 5) is 19.9. The van der Waals surface area contributed by atoms with Crippen molar-refractivity contribution in [2.45, 2.75) is 44.6 Å². The first-order valence-electron chi connectivity index (χ1n) is 10.4. The Morgan fingerprint density at radius 2 is 2.30 bits per heavy atom. The molecule has 2 N–H and O–H groups in total. The van der Waals surface area contributed by atoms with E-state index in [-0.39, 0.29) is 12.0 Å². The molecule has 1 aliphatic heterocycles. The van der Waals surface area contributed by atoms with E-state index in [0.717, 1.165) is 52.4 Å². The van der Waals surface area contributed by atoms with Crippen molar-refractivity contribution < 1.29 is 14.6 Å². The zero-order valence-electron chi connectivity index (χ0n) is 17.1. The third-order valence-corrected chi connectivity index (χ3v) is 7.61. The molecule has 0 amide bonds. The summed E-state index contributed by atoms with van der Waals surface area (Å²) in [7, 11) is 0. The van der Waals surface area contributed by atoms with Crippen LogP contribution in [-0.2, 0) is 14.9 Å². The number of aromatic nitrogens is 4. The van der Waals surface area contributed by atoms with Crippen LogP contribution in [0, 0.1) is 5.92 Å². The number of nitrogens with one attached hydrogen (secondary N) is 1. The SMILES string of the molecule is CC1CCCC1(C(=O)O)c1cc(N2CCOC[C@H]2C)nc2c(-c3ccn[nH]3)nsc12. The monoisotopic (exact) mass is 427 g/mol. The lowest BCUT2D eigenvalue weighted by Gasteiger charge is -2.36. The molecule has 2 fully saturated rings. The van der Waals surface area contributed by atoms with Crippen LogP contribution < -0.4 is 4.90 Å². The maximum Gasteiger partial charge on any atom is 0.314 e. The summed E-state index contributed by atoms with van der Waals surface area (Å²) in [5.74, 6) is 0.0970. The van der Waals surface area contributed by atoms with Gasteiger partial charge in [0.15, 0.2) is 0 Å². The van der Waals surface area contributed by atoms with Crippen molar-refractivity contribution in [1.82, 2.24) is 19.6 Å². The fraction of sp³-hybridized carbons (Fsp3) is 0.524. The number of aliphatic carboxylic acids is 1. The number of hydrogen-bond donors (Lipinski definition) is 2. The molecule has 3 aromatic rings. The zero-order chi connectivity index (χ0) is 20.9. The number of carboxylic acid groups (broad SMARTS) is 1. The van der Waals surface area contributed by atoms with Gasteiger partial charge in [-0.05, 0) is 54.9 Å². The predicted molar refractivity (Wildman–Crippen MR) is 115 cm³/mol. The van der Waals surface area contributed by atoms with E-state index in [9.17, 15) is 9.90 Å². The Morgan fingerprint density at radius 3 is 2.97 bits per heavy atom. The summed E-state index contributed by atoms with van der Waals surface area (Å²) in [5, 5.41) is 17.4. The molecule has 0 radical (unpaired) electrons. The van der Waals surface area contributed by atoms with Gasteiger partial charge in [0.2, 0.25) is 0 Å². The fourth-order valence-corrected chi connectivity index (χ4v) is 5.97. The van der Waals surface area contributed by atoms with Crippen molar-refractivity contribution in [3.8, 4) is 11.4 Å². The van der Waals surface area contributed by atoms with E-state index in [2.05, 4.69) is 33.3 Å². The molecule has 30 heavy (non-hydrogen) atoms. The number of nitrogens with zero attached hydrogens (tertiary/aromatic N) is 4. The van der Waals surface area contributed by atoms with E-state index in [1.807, 2.05) is 12.1 Å². The Morgan fingerprint density at radius 1 is 1.43 bits per heavy atom. The van der Waals surface area contributed by atoms with Gasteiger partial charge in [0.25, 0.3) is 0 Å². The van der Waals surface area contributed by atoms with Crippen LogP contribution in [0.15, 0.2) is 18.3 Å². The molecular formula is C21H25N5O3S. The first-order chi connectivity index (χ1) is 14.5. The van der Waals surface area contributed by atoms with Crippen LogP contribution in [-0.4, -0.2) is 56.4 Å². The number of carbonyl (C=O) groups is 1. The third kappa shape index (κ3) is 2.83. The number of rotatable bonds is 4. The van der Waals surface area contributed by atoms with Gasteiger partial charge in [0, 0.05) is 12.7 Å². The quantitative estimate of drug-likeness (QED) is 0.657. The maximum atomic E-state index is 12.7. The number of morpholine rings is 1. The van der Waals surface area contributed by atoms with Crippen LogP contribution in [0.3, 0.4) is 0 Å². The van der Waals surface area contributed by atoms with Crippen LogP contribution >= 0.6 is 11.5 Å². The fourth-order valence-electron chi connectivity index (χ4n) is 5.03. The molecule has 1 saturated heterocycles. The Bertz CT molecular complexity index is 1080. The van der Waals surface area contributed by atoms with Gasteiger partial charge in [-0.1, -0.05) is 13.3 Å². The Kier molecular flexibility index (Phi) is 4.74. The number of H-pyrrole nitrogens is 1. The normalized spacial score (nSPS) is 27.1. The summed E-state index contributed by atoms with van der Waals surface area (Å²) >= 11 is 1.33. The standard InChI is InChI=1S/C21H25N5O3S/c1-12-4-3-6-21(12,20(27)28)14-10-16(26-8-9-29-11-13(26)2)23-18-17(25-30-19(14)18)15-5-7-22-24-15/h5,7,10,12-13H,3-4,6,8-9,11H2,1-2H3,(H,22,24)(H,27,28)/t12?,13-,21?/m1/s1. The van der Waals surface area contributed by atoms with E-state index >= 15 is 0 Å². The van der Waals surface area contributed by atoms with Crippen LogP contribution in [0.25, 0.3) is 21.6 Å². The number of ether oxygens (including phenoxy) is 1. The van der Waals surface area contributed by atoms with Crippen molar-refractivity contribution in [2.75, 3.05) is 24.7 Å². The molecule has 158 valence electrons. The average Bonchev–Trinajstić information content (AvgIpc) is 3.47. The number of aromatic amines is 1. The maximum absolute atomic E-state index is 12.7. The summed E-state index contributed by atoms with van der Waals surface area (Å²) in [5.41, 5.74) is 2.19. The molecule has 1 saturated carbocycles. The van der Waals surface area contributed by atoms with E-state index in [4.69, 9.17) is 9.72 Å². The van der Waals surface area contributed by atoms with Gasteiger partial charge in [0.05, 0.1) is 35.1 Å². The second kappa shape index (κ2) is 7.31. The first kappa shape index (κ1) is 19.4. The number of anilines is 1. The molecule has 1 aliphatic carbocycles. The van der Waals surface area contributed by atoms with Gasteiger partial charge < -0.3 is 14.7 Å². The van der Waals surface area contributed by atoms with Crippen molar-refractivity contribution in [1.29, 1.82) is 0 Å². The van der Waals surface area contributed by atoms with Gasteiger partial charge in [-0.25, -0.2) is 4.98 Å². The lowest BCUT2D eigenvalue weighted by atomic mass is 9.73. The molecule has 2 unspecified atom stereocenters. The van der Waals surface area contributed by atoms with Crippen molar-refractivity contribution in [3.63, 3.8) is 0 Å². The molecule has 0 bridgehead atoms. The lowest BCUT2D eigenvalue weighted by Crippen LogP contribution is -2.44. The van der Waals surface area contributed by atoms with E-state index in [0.29, 0.717) is 19.6 Å². The number of hydrogen-bond acceptors (Lipinski definition) is 7. The zero-order valence-corrected chi connectivity index (χ0v) is 17.9. The molecule has 3 atom stereocenters. The Labute approximate surface area is 178 Å². The molecule has 4 heterocycles. The van der Waals surface area contributed by atoms with Gasteiger partial charge in [-0.3, -0.25) is 9.89 Å². The van der Waals surface area contributed by atoms with Gasteiger partial charge >= 0.3 is 5.97 Å². The van der Waals surface area contributed by atoms with E-state index in [1.165, 1.54) is 11.5 Å². The van der Waals surface area contributed by atoms with Gasteiger partial charge in [-0.15, -0.1) is 0 Å². The Balaban J connectivity index is 1.78. The molecule has 0 aromatic carbocycles. The largest absolute Gasteiger partial charge is 0.481 e. The van der Waals surface area contributed by atoms with Crippen LogP contribution in [0.5, 0.6) is 0 Å². The Hall–Kier alpha value is -2.52. The smallest absolute Gasteiger partial charge is 0.314 e. The lowest BCUT2D eigenvalue weighted by molar-refractivity contribution is -0.145. The van der Waals surface area contributed by atoms with E-state index in [1.54, 1.807) is 6.20 Å². The number of carboxylic acids is 1. The van der Waals surface area contributed by atoms with Gasteiger partial charge in [-0.2, -0.15) is 9.47 Å². The van der Waals surface area contributed by atoms with Crippen LogP contribution in [0.2, 0.25) is 0 Å². The third-order valence-electron chi connectivity index (χ3n) is 6.74. The molecule has 0 spiro atoms. The second-order valence-electron chi connectivity index (χ2n) is 8.39. The summed E-state index contributed by atoms with van der Waals surface area (Å²) in [6.45, 7) is 6.16. The van der Waals surface area contributed by atoms with Gasteiger partial charge in [0.1, 0.15) is 17.0 Å². The topological polar surface area (TPSA) is 104 Å². The molecule has 3 aromatic heterocycles. The minimum absolute atomic E-state index is 0.0493. The molecule has 2 aliphatic rings. The number of fused-ring (bicyclic) bond motifs is 1. The predicted octanol–water partition coefficient (Wildman–Crippen LogP) is 3.45. The molecular weight excluding hydrogens is 402 g/mol. The average molecular weight is 428 g/mol. The van der Waals surface area contributed by atoms with Crippen molar-refractivity contribution >= 4 is 33.5 Å². The minimum atomic E-state index is -0.913. The van der Waals surface area contributed by atoms with Crippen LogP contribution in [0.1, 0.15) is 38.7 Å². The second-order valence-corrected chi connectivity index (χ2v) is 9.17. The molecule has 8 nitrogen and oxygen atoms in total. The summed E-state index contributed by atoms with van der Waals surface area (Å²) in [6, 6.07) is 4.04. The number of pyridine rings is 1. The van der Waals surface area contributed by atoms with Crippen LogP contribution in [0.4, 0.5) is 5.82 Å². The first-order valence-corrected chi connectivity index (χ1v) is 11.2. The van der Waals surface area contributed by atoms with Crippen molar-refractivity contribution in [2.24, 2.45) is 5.92 Å². The van der Waals surface area contributed by atoms with Crippen molar-refractivity contribution in [3.05, 3.63) is 23.9 Å². The summed E-state index contributed by atoms with van der Waals surface area (Å²) < 4.78 is 11.1. The molecule has 9 heteroatoms. The highest BCUT2D eigenvalue weighted by molar-refractivity contribution is 7.13. The van der Waals surface area contributed by atoms with E-state index < -0.39 is 11.4 Å². The summed E-state index contributed by atoms with van der Waals surface area (Å²) in [6.07, 6.45) is 4.14.